The number of aryl methyl sites for hydroxylation is 1. The first-order valence-electron chi connectivity index (χ1n) is 15.8. The fourth-order valence-corrected chi connectivity index (χ4v) is 7.77. The van der Waals surface area contributed by atoms with Crippen LogP contribution in [0.5, 0.6) is 0 Å². The number of nitrogens with zero attached hydrogens (tertiary/aromatic N) is 4. The number of nitro benzene ring substituents is 1. The Morgan fingerprint density at radius 1 is 1.11 bits per heavy atom. The summed E-state index contributed by atoms with van der Waals surface area (Å²) < 4.78 is 0. The van der Waals surface area contributed by atoms with Gasteiger partial charge in [-0.2, -0.15) is 0 Å². The van der Waals surface area contributed by atoms with Crippen molar-refractivity contribution in [1.82, 2.24) is 9.88 Å². The predicted molar refractivity (Wildman–Crippen MR) is 178 cm³/mol. The maximum absolute atomic E-state index is 13.8. The van der Waals surface area contributed by atoms with E-state index in [-0.39, 0.29) is 29.3 Å². The summed E-state index contributed by atoms with van der Waals surface area (Å²) in [6, 6.07) is 15.3. The molecule has 1 aromatic heterocycles. The first-order valence-corrected chi connectivity index (χ1v) is 16.7. The van der Waals surface area contributed by atoms with E-state index in [1.54, 1.807) is 12.1 Å². The zero-order valence-electron chi connectivity index (χ0n) is 25.7. The van der Waals surface area contributed by atoms with Crippen LogP contribution in [0.1, 0.15) is 62.1 Å². The monoisotopic (exact) mass is 608 g/mol. The van der Waals surface area contributed by atoms with Crippen LogP contribution in [-0.2, 0) is 4.79 Å². The van der Waals surface area contributed by atoms with Gasteiger partial charge in [-0.3, -0.25) is 19.9 Å². The molecular formula is C36H40N4O3S. The Labute approximate surface area is 263 Å². The van der Waals surface area contributed by atoms with Crippen LogP contribution in [0.3, 0.4) is 0 Å². The summed E-state index contributed by atoms with van der Waals surface area (Å²) >= 11 is 1.52. The molecule has 0 saturated carbocycles. The number of hydrogen-bond donors (Lipinski definition) is 0. The van der Waals surface area contributed by atoms with E-state index in [0.717, 1.165) is 46.9 Å². The lowest BCUT2D eigenvalue weighted by atomic mass is 9.77. The molecule has 4 unspecified atom stereocenters. The van der Waals surface area contributed by atoms with E-state index in [1.807, 2.05) is 5.38 Å². The molecule has 0 bridgehead atoms. The van der Waals surface area contributed by atoms with Crippen molar-refractivity contribution in [2.45, 2.75) is 65.0 Å². The number of aromatic nitrogens is 1. The highest BCUT2D eigenvalue weighted by Crippen LogP contribution is 2.37. The minimum atomic E-state index is -0.401. The third-order valence-corrected chi connectivity index (χ3v) is 10.3. The van der Waals surface area contributed by atoms with E-state index in [2.05, 4.69) is 68.2 Å². The summed E-state index contributed by atoms with van der Waals surface area (Å²) in [5.41, 5.74) is 6.16. The molecule has 228 valence electrons. The van der Waals surface area contributed by atoms with Crippen LogP contribution in [0.4, 0.5) is 5.69 Å². The number of aliphatic imine (C=N–C) groups is 1. The molecule has 0 amide bonds. The number of likely N-dealkylation sites (tertiary alicyclic amines) is 1. The third-order valence-electron chi connectivity index (χ3n) is 9.43. The second-order valence-electron chi connectivity index (χ2n) is 12.7. The van der Waals surface area contributed by atoms with Gasteiger partial charge in [0.25, 0.3) is 5.69 Å². The van der Waals surface area contributed by atoms with Crippen molar-refractivity contribution in [3.8, 4) is 11.3 Å². The number of thiazole rings is 1. The maximum Gasteiger partial charge on any atom is 0.269 e. The number of benzene rings is 2. The summed E-state index contributed by atoms with van der Waals surface area (Å²) in [5.74, 6) is 0.779. The summed E-state index contributed by atoms with van der Waals surface area (Å²) in [7, 11) is 0. The van der Waals surface area contributed by atoms with E-state index in [1.165, 1.54) is 54.0 Å². The highest BCUT2D eigenvalue weighted by atomic mass is 32.1. The summed E-state index contributed by atoms with van der Waals surface area (Å²) in [4.78, 5) is 37.3. The number of carbonyl (C=O) groups is 1. The van der Waals surface area contributed by atoms with E-state index < -0.39 is 4.92 Å². The number of Topliss-reactive ketones (excluding diaryl/α,β-unsaturated/α-hetero) is 1. The molecule has 1 aliphatic carbocycles. The molecule has 7 nitrogen and oxygen atoms in total. The number of rotatable bonds is 7. The van der Waals surface area contributed by atoms with Crippen molar-refractivity contribution < 1.29 is 9.72 Å². The van der Waals surface area contributed by atoms with Crippen molar-refractivity contribution in [2.75, 3.05) is 13.1 Å². The van der Waals surface area contributed by atoms with Crippen molar-refractivity contribution in [3.05, 3.63) is 98.4 Å². The Bertz CT molecular complexity index is 1620. The van der Waals surface area contributed by atoms with Crippen LogP contribution < -0.4 is 0 Å². The van der Waals surface area contributed by atoms with Crippen LogP contribution >= 0.6 is 11.3 Å². The number of allylic oxidation sites excluding steroid dienone is 2. The molecule has 3 aliphatic rings. The topological polar surface area (TPSA) is 88.7 Å². The van der Waals surface area contributed by atoms with Crippen LogP contribution in [0.2, 0.25) is 0 Å². The van der Waals surface area contributed by atoms with Gasteiger partial charge in [-0.05, 0) is 82.2 Å². The number of piperidine rings is 1. The van der Waals surface area contributed by atoms with Crippen LogP contribution in [0, 0.1) is 34.8 Å². The second-order valence-corrected chi connectivity index (χ2v) is 13.6. The fourth-order valence-electron chi connectivity index (χ4n) is 6.94. The van der Waals surface area contributed by atoms with Gasteiger partial charge < -0.3 is 4.90 Å². The standard InChI is InChI=1S/C36H40N4O3S/c1-23(2)39-18-6-8-25(21-39)19-27-13-17-34(41)31-20-28(12-16-32(31)37-35(27)30-9-5-4-7-24(30)3)36-38-33(22-44-36)26-10-14-29(15-11-26)40(42)43/h4-5,7,9-12,14-16,20,22-23,25,27,31-32H,6,8,13,17-19,21H2,1-3H3. The molecule has 44 heavy (non-hydrogen) atoms. The number of fused-ring (bicyclic) bond motifs is 1. The lowest BCUT2D eigenvalue weighted by Gasteiger charge is -2.38. The molecule has 0 spiro atoms. The summed E-state index contributed by atoms with van der Waals surface area (Å²) in [5, 5.41) is 13.8. The largest absolute Gasteiger partial charge is 0.301 e. The van der Waals surface area contributed by atoms with Gasteiger partial charge in [0, 0.05) is 59.3 Å². The number of hydrogen-bond acceptors (Lipinski definition) is 7. The van der Waals surface area contributed by atoms with Crippen molar-refractivity contribution >= 4 is 34.1 Å². The molecule has 0 radical (unpaired) electrons. The molecule has 2 aliphatic heterocycles. The smallest absolute Gasteiger partial charge is 0.269 e. The number of ketones is 1. The molecular weight excluding hydrogens is 568 g/mol. The summed E-state index contributed by atoms with van der Waals surface area (Å²) in [6.07, 6.45) is 11.1. The number of nitro groups is 1. The van der Waals surface area contributed by atoms with Crippen molar-refractivity contribution in [1.29, 1.82) is 0 Å². The number of non-ortho nitro benzene ring substituents is 1. The van der Waals surface area contributed by atoms with Crippen molar-refractivity contribution in [3.63, 3.8) is 0 Å². The Kier molecular flexibility index (Phi) is 9.01. The van der Waals surface area contributed by atoms with Gasteiger partial charge in [0.2, 0.25) is 0 Å². The van der Waals surface area contributed by atoms with Gasteiger partial charge in [0.05, 0.1) is 22.6 Å². The lowest BCUT2D eigenvalue weighted by molar-refractivity contribution is -0.384. The Morgan fingerprint density at radius 3 is 2.66 bits per heavy atom. The molecule has 0 N–H and O–H groups in total. The van der Waals surface area contributed by atoms with Gasteiger partial charge in [0.15, 0.2) is 0 Å². The second kappa shape index (κ2) is 13.1. The third kappa shape index (κ3) is 6.52. The van der Waals surface area contributed by atoms with Crippen LogP contribution in [-0.4, -0.2) is 51.5 Å². The zero-order chi connectivity index (χ0) is 30.8. The Morgan fingerprint density at radius 2 is 1.91 bits per heavy atom. The minimum absolute atomic E-state index is 0.0556. The molecule has 3 aromatic rings. The Balaban J connectivity index is 1.29. The van der Waals surface area contributed by atoms with Crippen LogP contribution in [0.25, 0.3) is 16.8 Å². The molecule has 1 fully saturated rings. The normalized spacial score (nSPS) is 24.3. The van der Waals surface area contributed by atoms with Crippen LogP contribution in [0.15, 0.2) is 77.1 Å². The fraction of sp³-hybridized carbons (Fsp3) is 0.417. The average molecular weight is 609 g/mol. The van der Waals surface area contributed by atoms with Gasteiger partial charge in [0.1, 0.15) is 10.8 Å². The quantitative estimate of drug-likeness (QED) is 0.201. The van der Waals surface area contributed by atoms with E-state index in [4.69, 9.17) is 9.98 Å². The highest BCUT2D eigenvalue weighted by molar-refractivity contribution is 7.11. The maximum atomic E-state index is 13.8. The zero-order valence-corrected chi connectivity index (χ0v) is 26.5. The SMILES string of the molecule is Cc1ccccc1C1=NC2C=CC(c3nc(-c4ccc([N+](=O)[O-])cc4)cs3)=CC2C(=O)CCC1CC1CCCN(C(C)C)C1. The number of carbonyl (C=O) groups excluding carboxylic acids is 1. The highest BCUT2D eigenvalue weighted by Gasteiger charge is 2.35. The average Bonchev–Trinajstić information content (AvgIpc) is 3.52. The predicted octanol–water partition coefficient (Wildman–Crippen LogP) is 7.94. The lowest BCUT2D eigenvalue weighted by Crippen LogP contribution is -2.41. The molecule has 4 atom stereocenters. The van der Waals surface area contributed by atoms with Crippen molar-refractivity contribution in [2.24, 2.45) is 22.7 Å². The Hall–Kier alpha value is -3.75. The van der Waals surface area contributed by atoms with Gasteiger partial charge in [-0.15, -0.1) is 11.3 Å². The van der Waals surface area contributed by atoms with E-state index in [0.29, 0.717) is 18.4 Å². The van der Waals surface area contributed by atoms with E-state index in [9.17, 15) is 14.9 Å². The van der Waals surface area contributed by atoms with Gasteiger partial charge in [-0.1, -0.05) is 42.5 Å². The molecule has 3 heterocycles. The minimum Gasteiger partial charge on any atom is -0.301 e. The van der Waals surface area contributed by atoms with Gasteiger partial charge in [-0.25, -0.2) is 4.98 Å². The first kappa shape index (κ1) is 30.3. The molecule has 6 rings (SSSR count). The first-order chi connectivity index (χ1) is 21.3. The van der Waals surface area contributed by atoms with Gasteiger partial charge >= 0.3 is 0 Å². The van der Waals surface area contributed by atoms with E-state index >= 15 is 0 Å². The molecule has 1 saturated heterocycles. The molecule has 8 heteroatoms. The molecule has 2 aromatic carbocycles. The summed E-state index contributed by atoms with van der Waals surface area (Å²) in [6.45, 7) is 9.04.